The highest BCUT2D eigenvalue weighted by Gasteiger charge is 2.15. The highest BCUT2D eigenvalue weighted by atomic mass is 19.1. The molecule has 2 N–H and O–H groups in total. The molecular formula is C13H17FN2O. The van der Waals surface area contributed by atoms with Crippen molar-refractivity contribution in [3.8, 4) is 11.8 Å². The van der Waals surface area contributed by atoms with Crippen molar-refractivity contribution in [3.63, 3.8) is 0 Å². The third kappa shape index (κ3) is 3.72. The van der Waals surface area contributed by atoms with Gasteiger partial charge >= 0.3 is 0 Å². The van der Waals surface area contributed by atoms with Crippen molar-refractivity contribution in [1.82, 2.24) is 0 Å². The molecule has 92 valence electrons. The number of hydrogen-bond acceptors (Lipinski definition) is 3. The lowest BCUT2D eigenvalue weighted by molar-refractivity contribution is 0.237. The number of nitrogens with zero attached hydrogens (tertiary/aromatic N) is 1. The molecule has 0 heterocycles. The third-order valence-corrected chi connectivity index (χ3v) is 2.37. The van der Waals surface area contributed by atoms with Crippen molar-refractivity contribution in [2.24, 2.45) is 5.73 Å². The van der Waals surface area contributed by atoms with Crippen LogP contribution in [0.3, 0.4) is 0 Å². The molecule has 0 aromatic heterocycles. The summed E-state index contributed by atoms with van der Waals surface area (Å²) in [6, 6.07) is 6.62. The van der Waals surface area contributed by atoms with Gasteiger partial charge in [0.15, 0.2) is 17.7 Å². The highest BCUT2D eigenvalue weighted by Crippen LogP contribution is 2.25. The highest BCUT2D eigenvalue weighted by molar-refractivity contribution is 5.36. The SMILES string of the molecule is CCC(C#N)Oc1c(F)cccc1CC(C)N. The van der Waals surface area contributed by atoms with Crippen LogP contribution in [0.2, 0.25) is 0 Å². The molecule has 0 aliphatic rings. The van der Waals surface area contributed by atoms with Crippen LogP contribution in [0.1, 0.15) is 25.8 Å². The van der Waals surface area contributed by atoms with Crippen LogP contribution < -0.4 is 10.5 Å². The Morgan fingerprint density at radius 3 is 2.76 bits per heavy atom. The summed E-state index contributed by atoms with van der Waals surface area (Å²) in [6.45, 7) is 3.66. The van der Waals surface area contributed by atoms with Gasteiger partial charge in [0.2, 0.25) is 0 Å². The molecule has 0 saturated heterocycles. The van der Waals surface area contributed by atoms with Crippen LogP contribution in [0, 0.1) is 17.1 Å². The summed E-state index contributed by atoms with van der Waals surface area (Å²) in [5, 5.41) is 8.83. The smallest absolute Gasteiger partial charge is 0.184 e. The molecule has 2 unspecified atom stereocenters. The van der Waals surface area contributed by atoms with Gasteiger partial charge < -0.3 is 10.5 Å². The minimum absolute atomic E-state index is 0.0821. The summed E-state index contributed by atoms with van der Waals surface area (Å²) in [5.41, 5.74) is 6.40. The van der Waals surface area contributed by atoms with E-state index in [0.717, 1.165) is 0 Å². The van der Waals surface area contributed by atoms with Crippen LogP contribution in [0.5, 0.6) is 5.75 Å². The Kier molecular flexibility index (Phi) is 4.92. The van der Waals surface area contributed by atoms with Crippen molar-refractivity contribution in [2.75, 3.05) is 0 Å². The largest absolute Gasteiger partial charge is 0.472 e. The fourth-order valence-electron chi connectivity index (χ4n) is 1.54. The molecule has 4 heteroatoms. The van der Waals surface area contributed by atoms with Gasteiger partial charge in [0, 0.05) is 6.04 Å². The van der Waals surface area contributed by atoms with Gasteiger partial charge in [-0.25, -0.2) is 4.39 Å². The van der Waals surface area contributed by atoms with E-state index in [-0.39, 0.29) is 11.8 Å². The Balaban J connectivity index is 2.99. The van der Waals surface area contributed by atoms with Gasteiger partial charge in [-0.3, -0.25) is 0 Å². The standard InChI is InChI=1S/C13H17FN2O/c1-3-11(8-15)17-13-10(7-9(2)16)5-4-6-12(13)14/h4-6,9,11H,3,7,16H2,1-2H3. The molecule has 0 fully saturated rings. The average Bonchev–Trinajstić information content (AvgIpc) is 2.28. The molecule has 0 saturated carbocycles. The monoisotopic (exact) mass is 236 g/mol. The number of para-hydroxylation sites is 1. The first-order valence-electron chi connectivity index (χ1n) is 5.67. The van der Waals surface area contributed by atoms with Gasteiger partial charge in [-0.05, 0) is 31.4 Å². The van der Waals surface area contributed by atoms with E-state index in [1.54, 1.807) is 12.1 Å². The lowest BCUT2D eigenvalue weighted by Crippen LogP contribution is -2.20. The number of hydrogen-bond donors (Lipinski definition) is 1. The van der Waals surface area contributed by atoms with E-state index >= 15 is 0 Å². The molecule has 1 aromatic carbocycles. The molecule has 0 bridgehead atoms. The van der Waals surface area contributed by atoms with E-state index in [2.05, 4.69) is 0 Å². The minimum Gasteiger partial charge on any atom is -0.472 e. The van der Waals surface area contributed by atoms with E-state index in [9.17, 15) is 4.39 Å². The van der Waals surface area contributed by atoms with E-state index in [0.29, 0.717) is 18.4 Å². The molecule has 0 amide bonds. The van der Waals surface area contributed by atoms with Gasteiger partial charge in [-0.15, -0.1) is 0 Å². The Morgan fingerprint density at radius 2 is 2.24 bits per heavy atom. The fourth-order valence-corrected chi connectivity index (χ4v) is 1.54. The summed E-state index contributed by atoms with van der Waals surface area (Å²) in [7, 11) is 0. The van der Waals surface area contributed by atoms with Crippen LogP contribution in [-0.2, 0) is 6.42 Å². The molecule has 0 aliphatic carbocycles. The van der Waals surface area contributed by atoms with Gasteiger partial charge in [-0.1, -0.05) is 19.1 Å². The second-order valence-electron chi connectivity index (χ2n) is 4.05. The number of halogens is 1. The summed E-state index contributed by atoms with van der Waals surface area (Å²) in [5.74, 6) is -0.296. The van der Waals surface area contributed by atoms with Crippen LogP contribution >= 0.6 is 0 Å². The number of ether oxygens (including phenoxy) is 1. The molecule has 1 aromatic rings. The molecule has 0 radical (unpaired) electrons. The van der Waals surface area contributed by atoms with Gasteiger partial charge in [0.05, 0.1) is 0 Å². The Bertz CT molecular complexity index is 412. The van der Waals surface area contributed by atoms with E-state index in [1.165, 1.54) is 6.07 Å². The summed E-state index contributed by atoms with van der Waals surface area (Å²) >= 11 is 0. The zero-order chi connectivity index (χ0) is 12.8. The van der Waals surface area contributed by atoms with Crippen LogP contribution in [0.25, 0.3) is 0 Å². The van der Waals surface area contributed by atoms with Gasteiger partial charge in [0.25, 0.3) is 0 Å². The lowest BCUT2D eigenvalue weighted by Gasteiger charge is -2.16. The van der Waals surface area contributed by atoms with Crippen LogP contribution in [0.4, 0.5) is 4.39 Å². The summed E-state index contributed by atoms with van der Waals surface area (Å²) in [6.07, 6.45) is 0.413. The fraction of sp³-hybridized carbons (Fsp3) is 0.462. The maximum absolute atomic E-state index is 13.7. The second kappa shape index (κ2) is 6.21. The van der Waals surface area contributed by atoms with Gasteiger partial charge in [0.1, 0.15) is 6.07 Å². The zero-order valence-electron chi connectivity index (χ0n) is 10.1. The third-order valence-electron chi connectivity index (χ3n) is 2.37. The molecule has 17 heavy (non-hydrogen) atoms. The second-order valence-corrected chi connectivity index (χ2v) is 4.05. The molecule has 3 nitrogen and oxygen atoms in total. The average molecular weight is 236 g/mol. The molecule has 0 aliphatic heterocycles. The number of nitriles is 1. The van der Waals surface area contributed by atoms with E-state index in [1.807, 2.05) is 19.9 Å². The molecular weight excluding hydrogens is 219 g/mol. The van der Waals surface area contributed by atoms with Crippen molar-refractivity contribution >= 4 is 0 Å². The van der Waals surface area contributed by atoms with E-state index in [4.69, 9.17) is 15.7 Å². The quantitative estimate of drug-likeness (QED) is 0.854. The van der Waals surface area contributed by atoms with Gasteiger partial charge in [-0.2, -0.15) is 5.26 Å². The Morgan fingerprint density at radius 1 is 1.53 bits per heavy atom. The predicted octanol–water partition coefficient (Wildman–Crippen LogP) is 2.40. The topological polar surface area (TPSA) is 59.0 Å². The number of benzene rings is 1. The predicted molar refractivity (Wildman–Crippen MR) is 64.1 cm³/mol. The summed E-state index contributed by atoms with van der Waals surface area (Å²) < 4.78 is 19.0. The van der Waals surface area contributed by atoms with Crippen molar-refractivity contribution in [1.29, 1.82) is 5.26 Å². The number of nitrogens with two attached hydrogens (primary N) is 1. The first-order chi connectivity index (χ1) is 8.08. The van der Waals surface area contributed by atoms with E-state index < -0.39 is 11.9 Å². The van der Waals surface area contributed by atoms with Crippen molar-refractivity contribution < 1.29 is 9.13 Å². The Labute approximate surface area is 101 Å². The first-order valence-corrected chi connectivity index (χ1v) is 5.67. The summed E-state index contributed by atoms with van der Waals surface area (Å²) in [4.78, 5) is 0. The zero-order valence-corrected chi connectivity index (χ0v) is 10.1. The Hall–Kier alpha value is -1.60. The van der Waals surface area contributed by atoms with Crippen LogP contribution in [-0.4, -0.2) is 12.1 Å². The molecule has 2 atom stereocenters. The normalized spacial score (nSPS) is 13.8. The number of rotatable bonds is 5. The van der Waals surface area contributed by atoms with Crippen LogP contribution in [0.15, 0.2) is 18.2 Å². The minimum atomic E-state index is -0.626. The maximum atomic E-state index is 13.7. The maximum Gasteiger partial charge on any atom is 0.184 e. The lowest BCUT2D eigenvalue weighted by atomic mass is 10.1. The molecule has 1 rings (SSSR count). The molecule has 0 spiro atoms. The van der Waals surface area contributed by atoms with Crippen molar-refractivity contribution in [2.45, 2.75) is 38.8 Å². The first kappa shape index (κ1) is 13.5. The van der Waals surface area contributed by atoms with Crippen molar-refractivity contribution in [3.05, 3.63) is 29.6 Å².